The summed E-state index contributed by atoms with van der Waals surface area (Å²) in [5.41, 5.74) is 0.672. The fraction of sp³-hybridized carbons (Fsp3) is 0.227. The second kappa shape index (κ2) is 9.13. The molecule has 0 saturated carbocycles. The maximum Gasteiger partial charge on any atom is 0.331 e. The molecule has 0 atom stereocenters. The first-order valence-electron chi connectivity index (χ1n) is 9.41. The third-order valence-corrected chi connectivity index (χ3v) is 4.45. The number of imide groups is 2. The molecule has 2 aromatic rings. The Morgan fingerprint density at radius 3 is 2.57 bits per heavy atom. The first-order valence-corrected chi connectivity index (χ1v) is 9.41. The van der Waals surface area contributed by atoms with Crippen LogP contribution in [-0.2, 0) is 16.1 Å². The number of phenols is 1. The summed E-state index contributed by atoms with van der Waals surface area (Å²) in [6.45, 7) is 2.45. The lowest BCUT2D eigenvalue weighted by Gasteiger charge is -2.26. The van der Waals surface area contributed by atoms with Gasteiger partial charge in [-0.3, -0.25) is 19.8 Å². The van der Waals surface area contributed by atoms with E-state index in [0.717, 1.165) is 11.3 Å². The highest BCUT2D eigenvalue weighted by atomic mass is 16.5. The minimum Gasteiger partial charge on any atom is -0.507 e. The number of rotatable bonds is 7. The largest absolute Gasteiger partial charge is 0.507 e. The molecule has 156 valence electrons. The summed E-state index contributed by atoms with van der Waals surface area (Å²) in [6, 6.07) is 10.6. The van der Waals surface area contributed by atoms with Gasteiger partial charge >= 0.3 is 6.03 Å². The van der Waals surface area contributed by atoms with Crippen LogP contribution in [0.25, 0.3) is 6.08 Å². The van der Waals surface area contributed by atoms with Crippen molar-refractivity contribution in [2.75, 3.05) is 13.7 Å². The Morgan fingerprint density at radius 1 is 1.10 bits per heavy atom. The van der Waals surface area contributed by atoms with Crippen LogP contribution < -0.4 is 14.8 Å². The normalized spacial score (nSPS) is 15.3. The number of urea groups is 1. The van der Waals surface area contributed by atoms with E-state index >= 15 is 0 Å². The zero-order chi connectivity index (χ0) is 21.7. The molecule has 30 heavy (non-hydrogen) atoms. The van der Waals surface area contributed by atoms with Gasteiger partial charge in [-0.2, -0.15) is 0 Å². The molecule has 2 N–H and O–H groups in total. The molecule has 0 aliphatic carbocycles. The first kappa shape index (κ1) is 20.9. The van der Waals surface area contributed by atoms with Crippen molar-refractivity contribution in [2.24, 2.45) is 0 Å². The summed E-state index contributed by atoms with van der Waals surface area (Å²) < 4.78 is 10.9. The van der Waals surface area contributed by atoms with Crippen LogP contribution in [0, 0.1) is 0 Å². The molecule has 0 bridgehead atoms. The molecule has 1 saturated heterocycles. The Labute approximate surface area is 173 Å². The van der Waals surface area contributed by atoms with E-state index in [1.54, 1.807) is 36.4 Å². The SMILES string of the molecule is CCCOc1ccc(CN2C(=O)NC(=O)/C(=C\c3ccccc3O)C2=O)cc1OC. The Bertz CT molecular complexity index is 1010. The van der Waals surface area contributed by atoms with Crippen LogP contribution in [-0.4, -0.2) is 41.6 Å². The third kappa shape index (κ3) is 4.43. The first-order chi connectivity index (χ1) is 14.4. The smallest absolute Gasteiger partial charge is 0.331 e. The lowest BCUT2D eigenvalue weighted by Crippen LogP contribution is -2.53. The van der Waals surface area contributed by atoms with E-state index in [4.69, 9.17) is 9.47 Å². The quantitative estimate of drug-likeness (QED) is 0.537. The topological polar surface area (TPSA) is 105 Å². The second-order valence-corrected chi connectivity index (χ2v) is 6.60. The van der Waals surface area contributed by atoms with Crippen LogP contribution in [0.4, 0.5) is 4.79 Å². The molecule has 1 aliphatic heterocycles. The van der Waals surface area contributed by atoms with Gasteiger partial charge in [0, 0.05) is 5.56 Å². The molecule has 8 nitrogen and oxygen atoms in total. The van der Waals surface area contributed by atoms with Gasteiger partial charge < -0.3 is 14.6 Å². The summed E-state index contributed by atoms with van der Waals surface area (Å²) in [5, 5.41) is 12.1. The van der Waals surface area contributed by atoms with Crippen molar-refractivity contribution in [3.8, 4) is 17.2 Å². The van der Waals surface area contributed by atoms with Crippen LogP contribution in [0.5, 0.6) is 17.2 Å². The van der Waals surface area contributed by atoms with Crippen LogP contribution in [0.2, 0.25) is 0 Å². The Morgan fingerprint density at radius 2 is 1.87 bits per heavy atom. The predicted octanol–water partition coefficient (Wildman–Crippen LogP) is 2.85. The average Bonchev–Trinajstić information content (AvgIpc) is 2.74. The molecule has 2 aromatic carbocycles. The predicted molar refractivity (Wildman–Crippen MR) is 109 cm³/mol. The van der Waals surface area contributed by atoms with Crippen LogP contribution >= 0.6 is 0 Å². The monoisotopic (exact) mass is 410 g/mol. The second-order valence-electron chi connectivity index (χ2n) is 6.60. The van der Waals surface area contributed by atoms with Crippen LogP contribution in [0.3, 0.4) is 0 Å². The van der Waals surface area contributed by atoms with E-state index in [1.165, 1.54) is 19.3 Å². The van der Waals surface area contributed by atoms with Gasteiger partial charge in [0.1, 0.15) is 11.3 Å². The number of benzene rings is 2. The zero-order valence-corrected chi connectivity index (χ0v) is 16.7. The van der Waals surface area contributed by atoms with Crippen molar-refractivity contribution in [1.29, 1.82) is 0 Å². The minimum atomic E-state index is -0.815. The van der Waals surface area contributed by atoms with Crippen molar-refractivity contribution in [3.05, 3.63) is 59.2 Å². The van der Waals surface area contributed by atoms with Gasteiger partial charge in [-0.15, -0.1) is 0 Å². The number of hydrogen-bond acceptors (Lipinski definition) is 6. The van der Waals surface area contributed by atoms with Crippen molar-refractivity contribution >= 4 is 23.9 Å². The van der Waals surface area contributed by atoms with E-state index in [0.29, 0.717) is 29.2 Å². The van der Waals surface area contributed by atoms with Crippen molar-refractivity contribution < 1.29 is 29.0 Å². The number of carbonyl (C=O) groups excluding carboxylic acids is 3. The Hall–Kier alpha value is -3.81. The highest BCUT2D eigenvalue weighted by Crippen LogP contribution is 2.29. The van der Waals surface area contributed by atoms with E-state index in [-0.39, 0.29) is 17.9 Å². The highest BCUT2D eigenvalue weighted by Gasteiger charge is 2.36. The maximum absolute atomic E-state index is 12.9. The number of nitrogens with one attached hydrogen (secondary N) is 1. The number of carbonyl (C=O) groups is 3. The van der Waals surface area contributed by atoms with Gasteiger partial charge in [0.05, 0.1) is 20.3 Å². The molecule has 0 aromatic heterocycles. The number of hydrogen-bond donors (Lipinski definition) is 2. The van der Waals surface area contributed by atoms with E-state index in [2.05, 4.69) is 5.32 Å². The van der Waals surface area contributed by atoms with Crippen LogP contribution in [0.15, 0.2) is 48.0 Å². The summed E-state index contributed by atoms with van der Waals surface area (Å²) in [4.78, 5) is 38.3. The standard InChI is InChI=1S/C22H22N2O6/c1-3-10-30-18-9-8-14(11-19(18)29-2)13-24-21(27)16(20(26)23-22(24)28)12-15-6-4-5-7-17(15)25/h4-9,11-12,25H,3,10,13H2,1-2H3,(H,23,26,28)/b16-12+. The molecule has 1 aliphatic rings. The lowest BCUT2D eigenvalue weighted by molar-refractivity contribution is -0.130. The molecule has 0 radical (unpaired) electrons. The fourth-order valence-corrected chi connectivity index (χ4v) is 2.93. The average molecular weight is 410 g/mol. The number of para-hydroxylation sites is 1. The highest BCUT2D eigenvalue weighted by molar-refractivity contribution is 6.31. The third-order valence-electron chi connectivity index (χ3n) is 4.45. The van der Waals surface area contributed by atoms with Gasteiger partial charge in [-0.05, 0) is 36.3 Å². The zero-order valence-electron chi connectivity index (χ0n) is 16.7. The van der Waals surface area contributed by atoms with Crippen molar-refractivity contribution in [3.63, 3.8) is 0 Å². The number of aromatic hydroxyl groups is 1. The summed E-state index contributed by atoms with van der Waals surface area (Å²) >= 11 is 0. The molecule has 4 amide bonds. The summed E-state index contributed by atoms with van der Waals surface area (Å²) in [6.07, 6.45) is 2.10. The lowest BCUT2D eigenvalue weighted by atomic mass is 10.1. The summed E-state index contributed by atoms with van der Waals surface area (Å²) in [5.74, 6) is -0.608. The molecular formula is C22H22N2O6. The molecule has 0 unspecified atom stereocenters. The van der Waals surface area contributed by atoms with E-state index in [1.807, 2.05) is 6.92 Å². The van der Waals surface area contributed by atoms with Crippen molar-refractivity contribution in [1.82, 2.24) is 10.2 Å². The van der Waals surface area contributed by atoms with E-state index < -0.39 is 17.8 Å². The molecule has 8 heteroatoms. The number of amides is 4. The van der Waals surface area contributed by atoms with Gasteiger partial charge in [-0.1, -0.05) is 31.2 Å². The van der Waals surface area contributed by atoms with Gasteiger partial charge in [0.25, 0.3) is 11.8 Å². The maximum atomic E-state index is 12.9. The van der Waals surface area contributed by atoms with Gasteiger partial charge in [-0.25, -0.2) is 4.79 Å². The number of nitrogens with zero attached hydrogens (tertiary/aromatic N) is 1. The molecular weight excluding hydrogens is 388 g/mol. The molecule has 1 fully saturated rings. The molecule has 3 rings (SSSR count). The fourth-order valence-electron chi connectivity index (χ4n) is 2.93. The van der Waals surface area contributed by atoms with Crippen molar-refractivity contribution in [2.45, 2.75) is 19.9 Å². The molecule has 1 heterocycles. The Balaban J connectivity index is 1.87. The number of phenolic OH excluding ortho intramolecular Hbond substituents is 1. The Kier molecular flexibility index (Phi) is 6.36. The molecule has 0 spiro atoms. The number of ether oxygens (including phenoxy) is 2. The minimum absolute atomic E-state index is 0.0690. The number of methoxy groups -OCH3 is 1. The summed E-state index contributed by atoms with van der Waals surface area (Å²) in [7, 11) is 1.50. The number of barbiturate groups is 1. The van der Waals surface area contributed by atoms with Gasteiger partial charge in [0.2, 0.25) is 0 Å². The van der Waals surface area contributed by atoms with Gasteiger partial charge in [0.15, 0.2) is 11.5 Å². The van der Waals surface area contributed by atoms with E-state index in [9.17, 15) is 19.5 Å². The van der Waals surface area contributed by atoms with Crippen LogP contribution in [0.1, 0.15) is 24.5 Å².